The van der Waals surface area contributed by atoms with Gasteiger partial charge in [0, 0.05) is 38.3 Å². The van der Waals surface area contributed by atoms with Crippen molar-refractivity contribution >= 4 is 20.0 Å². The Bertz CT molecular complexity index is 864. The number of hydrogen-bond donors (Lipinski definition) is 2. The topological polar surface area (TPSA) is 107 Å². The molecule has 2 fully saturated rings. The molecule has 3 rings (SSSR count). The third-order valence-corrected chi connectivity index (χ3v) is 8.31. The third-order valence-electron chi connectivity index (χ3n) is 4.90. The van der Waals surface area contributed by atoms with Crippen molar-refractivity contribution in [1.29, 1.82) is 0 Å². The second-order valence-electron chi connectivity index (χ2n) is 7.42. The van der Waals surface area contributed by atoms with Gasteiger partial charge < -0.3 is 5.11 Å². The molecule has 1 heterocycles. The van der Waals surface area contributed by atoms with Gasteiger partial charge in [0.05, 0.1) is 15.9 Å². The van der Waals surface area contributed by atoms with Crippen molar-refractivity contribution in [3.05, 3.63) is 24.3 Å². The van der Waals surface area contributed by atoms with E-state index in [9.17, 15) is 21.9 Å². The zero-order valence-electron chi connectivity index (χ0n) is 15.6. The summed E-state index contributed by atoms with van der Waals surface area (Å²) in [6, 6.07) is 5.37. The molecule has 1 aliphatic heterocycles. The molecule has 8 nitrogen and oxygen atoms in total. The zero-order valence-corrected chi connectivity index (χ0v) is 17.2. The molecule has 1 aliphatic carbocycles. The van der Waals surface area contributed by atoms with Crippen LogP contribution in [0.15, 0.2) is 34.1 Å². The van der Waals surface area contributed by atoms with Crippen LogP contribution in [0.1, 0.15) is 26.7 Å². The van der Waals surface area contributed by atoms with Crippen molar-refractivity contribution in [3.8, 4) is 0 Å². The molecule has 152 valence electrons. The summed E-state index contributed by atoms with van der Waals surface area (Å²) in [4.78, 5) is 2.23. The summed E-state index contributed by atoms with van der Waals surface area (Å²) in [5.74, 6) is 0. The van der Waals surface area contributed by atoms with E-state index in [1.165, 1.54) is 28.6 Å². The number of sulfonamides is 2. The smallest absolute Gasteiger partial charge is 0.243 e. The summed E-state index contributed by atoms with van der Waals surface area (Å²) in [6.07, 6.45) is 1.21. The predicted octanol–water partition coefficient (Wildman–Crippen LogP) is 0.203. The van der Waals surface area contributed by atoms with Crippen LogP contribution in [0, 0.1) is 0 Å². The maximum Gasteiger partial charge on any atom is 0.243 e. The number of nitrogens with one attached hydrogen (secondary N) is 1. The number of benzene rings is 1. The Morgan fingerprint density at radius 2 is 1.70 bits per heavy atom. The second-order valence-corrected chi connectivity index (χ2v) is 11.1. The molecule has 2 N–H and O–H groups in total. The maximum absolute atomic E-state index is 12.9. The fourth-order valence-electron chi connectivity index (χ4n) is 3.22. The SMILES string of the molecule is C[C@H](O)CN1CCN(S(=O)(=O)c2ccc(S(=O)(=O)NC3CC3)cc2)C[C@H]1C. The third kappa shape index (κ3) is 4.87. The van der Waals surface area contributed by atoms with Crippen molar-refractivity contribution < 1.29 is 21.9 Å². The number of piperazine rings is 1. The average molecular weight is 418 g/mol. The molecule has 1 saturated heterocycles. The number of aliphatic hydroxyl groups excluding tert-OH is 1. The van der Waals surface area contributed by atoms with Crippen molar-refractivity contribution in [2.45, 2.75) is 54.7 Å². The molecule has 0 bridgehead atoms. The molecule has 0 aromatic heterocycles. The predicted molar refractivity (Wildman–Crippen MR) is 101 cm³/mol. The summed E-state index contributed by atoms with van der Waals surface area (Å²) in [7, 11) is -7.29. The summed E-state index contributed by atoms with van der Waals surface area (Å²) in [5.41, 5.74) is 0. The van der Waals surface area contributed by atoms with E-state index in [2.05, 4.69) is 9.62 Å². The molecular weight excluding hydrogens is 390 g/mol. The van der Waals surface area contributed by atoms with E-state index in [1.54, 1.807) is 6.92 Å². The Morgan fingerprint density at radius 3 is 2.22 bits per heavy atom. The van der Waals surface area contributed by atoms with Gasteiger partial charge in [-0.05, 0) is 51.0 Å². The standard InChI is InChI=1S/C17H27N3O5S2/c1-13-11-20(10-9-19(13)12-14(2)21)27(24,25)17-7-5-16(6-8-17)26(22,23)18-15-3-4-15/h5-8,13-15,18,21H,3-4,9-12H2,1-2H3/t13-,14+/m1/s1. The Labute approximate surface area is 161 Å². The fourth-order valence-corrected chi connectivity index (χ4v) is 6.04. The molecule has 0 radical (unpaired) electrons. The molecule has 2 atom stereocenters. The van der Waals surface area contributed by atoms with E-state index < -0.39 is 26.2 Å². The van der Waals surface area contributed by atoms with Gasteiger partial charge in [-0.1, -0.05) is 0 Å². The minimum atomic E-state index is -3.69. The molecular formula is C17H27N3O5S2. The van der Waals surface area contributed by atoms with Gasteiger partial charge in [-0.25, -0.2) is 21.6 Å². The highest BCUT2D eigenvalue weighted by Gasteiger charge is 2.33. The number of nitrogens with zero attached hydrogens (tertiary/aromatic N) is 2. The maximum atomic E-state index is 12.9. The summed E-state index contributed by atoms with van der Waals surface area (Å²) >= 11 is 0. The molecule has 1 saturated carbocycles. The highest BCUT2D eigenvalue weighted by Crippen LogP contribution is 2.24. The summed E-state index contributed by atoms with van der Waals surface area (Å²) in [6.45, 7) is 5.37. The largest absolute Gasteiger partial charge is 0.392 e. The van der Waals surface area contributed by atoms with E-state index in [0.29, 0.717) is 26.2 Å². The van der Waals surface area contributed by atoms with Gasteiger partial charge in [-0.2, -0.15) is 4.31 Å². The molecule has 0 amide bonds. The molecule has 2 aliphatic rings. The van der Waals surface area contributed by atoms with Crippen molar-refractivity contribution in [2.75, 3.05) is 26.2 Å². The van der Waals surface area contributed by atoms with Crippen LogP contribution in [0.4, 0.5) is 0 Å². The first-order chi connectivity index (χ1) is 12.6. The van der Waals surface area contributed by atoms with E-state index in [4.69, 9.17) is 0 Å². The van der Waals surface area contributed by atoms with Crippen LogP contribution < -0.4 is 4.72 Å². The van der Waals surface area contributed by atoms with Gasteiger partial charge in [0.15, 0.2) is 0 Å². The minimum Gasteiger partial charge on any atom is -0.392 e. The van der Waals surface area contributed by atoms with Crippen LogP contribution in [0.25, 0.3) is 0 Å². The molecule has 10 heteroatoms. The minimum absolute atomic E-state index is 0.00201. The van der Waals surface area contributed by atoms with Gasteiger partial charge in [0.25, 0.3) is 0 Å². The molecule has 1 aromatic carbocycles. The number of β-amino-alcohol motifs (C(OH)–C–C–N with tert-alkyl or cyclic N) is 1. The molecule has 0 unspecified atom stereocenters. The van der Waals surface area contributed by atoms with Gasteiger partial charge in [0.2, 0.25) is 20.0 Å². The van der Waals surface area contributed by atoms with E-state index in [-0.39, 0.29) is 21.9 Å². The fraction of sp³-hybridized carbons (Fsp3) is 0.647. The number of hydrogen-bond acceptors (Lipinski definition) is 6. The van der Waals surface area contributed by atoms with Crippen LogP contribution in [-0.4, -0.2) is 75.5 Å². The first-order valence-corrected chi connectivity index (χ1v) is 12.1. The average Bonchev–Trinajstić information content (AvgIpc) is 3.39. The van der Waals surface area contributed by atoms with Gasteiger partial charge in [0.1, 0.15) is 0 Å². The molecule has 27 heavy (non-hydrogen) atoms. The van der Waals surface area contributed by atoms with Gasteiger partial charge in [-0.3, -0.25) is 4.90 Å². The van der Waals surface area contributed by atoms with Crippen LogP contribution in [-0.2, 0) is 20.0 Å². The number of aliphatic hydroxyl groups is 1. The van der Waals surface area contributed by atoms with E-state index >= 15 is 0 Å². The van der Waals surface area contributed by atoms with Crippen LogP contribution >= 0.6 is 0 Å². The lowest BCUT2D eigenvalue weighted by molar-refractivity contribution is 0.0699. The Morgan fingerprint density at radius 1 is 1.11 bits per heavy atom. The summed E-state index contributed by atoms with van der Waals surface area (Å²) in [5, 5.41) is 9.55. The monoisotopic (exact) mass is 417 g/mol. The zero-order chi connectivity index (χ0) is 19.8. The van der Waals surface area contributed by atoms with Crippen LogP contribution in [0.3, 0.4) is 0 Å². The van der Waals surface area contributed by atoms with Gasteiger partial charge in [-0.15, -0.1) is 0 Å². The Kier molecular flexibility index (Phi) is 5.95. The molecule has 1 aromatic rings. The quantitative estimate of drug-likeness (QED) is 0.657. The highest BCUT2D eigenvalue weighted by atomic mass is 32.2. The highest BCUT2D eigenvalue weighted by molar-refractivity contribution is 7.89. The van der Waals surface area contributed by atoms with Crippen LogP contribution in [0.5, 0.6) is 0 Å². The lowest BCUT2D eigenvalue weighted by Gasteiger charge is -2.39. The normalized spacial score (nSPS) is 24.0. The van der Waals surface area contributed by atoms with E-state index in [0.717, 1.165) is 12.8 Å². The molecule has 0 spiro atoms. The Balaban J connectivity index is 1.71. The summed E-state index contributed by atoms with van der Waals surface area (Å²) < 4.78 is 54.2. The van der Waals surface area contributed by atoms with E-state index in [1.807, 2.05) is 6.92 Å². The Hall–Kier alpha value is -1.04. The lowest BCUT2D eigenvalue weighted by Crippen LogP contribution is -2.54. The first-order valence-electron chi connectivity index (χ1n) is 9.14. The van der Waals surface area contributed by atoms with Crippen LogP contribution in [0.2, 0.25) is 0 Å². The van der Waals surface area contributed by atoms with Crippen molar-refractivity contribution in [2.24, 2.45) is 0 Å². The van der Waals surface area contributed by atoms with Gasteiger partial charge >= 0.3 is 0 Å². The second kappa shape index (κ2) is 7.76. The first kappa shape index (κ1) is 20.7. The van der Waals surface area contributed by atoms with Crippen molar-refractivity contribution in [1.82, 2.24) is 13.9 Å². The lowest BCUT2D eigenvalue weighted by atomic mass is 10.2. The van der Waals surface area contributed by atoms with Crippen molar-refractivity contribution in [3.63, 3.8) is 0 Å². The number of rotatable bonds is 7.